The molecule has 1 saturated heterocycles. The molecule has 0 aromatic heterocycles. The van der Waals surface area contributed by atoms with Crippen molar-refractivity contribution in [3.63, 3.8) is 0 Å². The molecule has 2 aromatic rings. The van der Waals surface area contributed by atoms with Crippen molar-refractivity contribution in [1.82, 2.24) is 4.90 Å². The van der Waals surface area contributed by atoms with Crippen LogP contribution in [0.15, 0.2) is 42.5 Å². The predicted molar refractivity (Wildman–Crippen MR) is 108 cm³/mol. The first kappa shape index (κ1) is 17.8. The Labute approximate surface area is 163 Å². The van der Waals surface area contributed by atoms with E-state index in [1.165, 1.54) is 4.90 Å². The molecule has 0 radical (unpaired) electrons. The molecule has 1 fully saturated rings. The Morgan fingerprint density at radius 1 is 0.926 bits per heavy atom. The maximum atomic E-state index is 13.5. The SMILES string of the molecule is CN1CCN(c2cccc3c2C(=O)N(c2ccccc2Cl)CC(=O)N3)CC1. The molecule has 2 aliphatic rings. The van der Waals surface area contributed by atoms with Gasteiger partial charge in [0, 0.05) is 26.2 Å². The van der Waals surface area contributed by atoms with Crippen LogP contribution in [0.1, 0.15) is 10.4 Å². The quantitative estimate of drug-likeness (QED) is 0.865. The number of para-hydroxylation sites is 1. The number of rotatable bonds is 2. The summed E-state index contributed by atoms with van der Waals surface area (Å²) in [5.41, 5.74) is 2.47. The summed E-state index contributed by atoms with van der Waals surface area (Å²) in [6, 6.07) is 12.7. The minimum atomic E-state index is -0.238. The number of piperazine rings is 1. The number of carbonyl (C=O) groups excluding carboxylic acids is 2. The number of nitrogens with one attached hydrogen (secondary N) is 1. The summed E-state index contributed by atoms with van der Waals surface area (Å²) >= 11 is 6.31. The van der Waals surface area contributed by atoms with Gasteiger partial charge in [0.1, 0.15) is 6.54 Å². The Hall–Kier alpha value is -2.57. The number of anilines is 3. The van der Waals surface area contributed by atoms with Crippen LogP contribution in [0, 0.1) is 0 Å². The standard InChI is InChI=1S/C20H21ClN4O2/c1-23-9-11-24(12-10-23)17-8-4-6-15-19(17)20(27)25(13-18(26)22-15)16-7-3-2-5-14(16)21/h2-8H,9-13H2,1H3,(H,22,26). The number of hydrogen-bond acceptors (Lipinski definition) is 4. The van der Waals surface area contributed by atoms with Crippen molar-refractivity contribution in [2.45, 2.75) is 0 Å². The second kappa shape index (κ2) is 7.21. The Kier molecular flexibility index (Phi) is 4.76. The first-order valence-corrected chi connectivity index (χ1v) is 9.35. The van der Waals surface area contributed by atoms with Crippen molar-refractivity contribution in [1.29, 1.82) is 0 Å². The van der Waals surface area contributed by atoms with E-state index < -0.39 is 0 Å². The van der Waals surface area contributed by atoms with E-state index in [1.54, 1.807) is 24.3 Å². The summed E-state index contributed by atoms with van der Waals surface area (Å²) in [4.78, 5) is 31.9. The van der Waals surface area contributed by atoms with Crippen LogP contribution in [0.2, 0.25) is 5.02 Å². The fourth-order valence-corrected chi connectivity index (χ4v) is 3.82. The second-order valence-corrected chi connectivity index (χ2v) is 7.29. The molecule has 0 atom stereocenters. The van der Waals surface area contributed by atoms with Crippen molar-refractivity contribution >= 4 is 40.5 Å². The van der Waals surface area contributed by atoms with Crippen molar-refractivity contribution in [2.75, 3.05) is 54.9 Å². The third kappa shape index (κ3) is 3.38. The average molecular weight is 385 g/mol. The van der Waals surface area contributed by atoms with E-state index in [2.05, 4.69) is 22.2 Å². The van der Waals surface area contributed by atoms with Crippen molar-refractivity contribution in [3.8, 4) is 0 Å². The molecule has 0 spiro atoms. The van der Waals surface area contributed by atoms with Crippen molar-refractivity contribution in [2.24, 2.45) is 0 Å². The summed E-state index contributed by atoms with van der Waals surface area (Å²) < 4.78 is 0. The fraction of sp³-hybridized carbons (Fsp3) is 0.300. The number of nitrogens with zero attached hydrogens (tertiary/aromatic N) is 3. The monoisotopic (exact) mass is 384 g/mol. The lowest BCUT2D eigenvalue weighted by molar-refractivity contribution is -0.114. The number of hydrogen-bond donors (Lipinski definition) is 1. The van der Waals surface area contributed by atoms with Crippen LogP contribution in [0.3, 0.4) is 0 Å². The van der Waals surface area contributed by atoms with E-state index in [0.29, 0.717) is 22.0 Å². The summed E-state index contributed by atoms with van der Waals surface area (Å²) in [7, 11) is 2.09. The van der Waals surface area contributed by atoms with Crippen molar-refractivity contribution in [3.05, 3.63) is 53.1 Å². The first-order chi connectivity index (χ1) is 13.0. The Morgan fingerprint density at radius 2 is 1.63 bits per heavy atom. The van der Waals surface area contributed by atoms with Gasteiger partial charge in [-0.25, -0.2) is 0 Å². The predicted octanol–water partition coefficient (Wildman–Crippen LogP) is 2.69. The van der Waals surface area contributed by atoms with E-state index in [9.17, 15) is 9.59 Å². The van der Waals surface area contributed by atoms with Gasteiger partial charge < -0.3 is 15.1 Å². The van der Waals surface area contributed by atoms with Crippen LogP contribution in [-0.4, -0.2) is 56.5 Å². The lowest BCUT2D eigenvalue weighted by Gasteiger charge is -2.35. The topological polar surface area (TPSA) is 55.9 Å². The number of fused-ring (bicyclic) bond motifs is 1. The van der Waals surface area contributed by atoms with Gasteiger partial charge in [-0.2, -0.15) is 0 Å². The van der Waals surface area contributed by atoms with E-state index in [-0.39, 0.29) is 18.4 Å². The molecular formula is C20H21ClN4O2. The molecule has 0 saturated carbocycles. The van der Waals surface area contributed by atoms with Gasteiger partial charge in [-0.3, -0.25) is 14.5 Å². The molecule has 0 bridgehead atoms. The zero-order valence-corrected chi connectivity index (χ0v) is 15.9. The third-order valence-corrected chi connectivity index (χ3v) is 5.38. The highest BCUT2D eigenvalue weighted by atomic mass is 35.5. The second-order valence-electron chi connectivity index (χ2n) is 6.88. The van der Waals surface area contributed by atoms with E-state index in [1.807, 2.05) is 18.2 Å². The molecule has 0 unspecified atom stereocenters. The number of halogens is 1. The van der Waals surface area contributed by atoms with Gasteiger partial charge in [0.2, 0.25) is 5.91 Å². The van der Waals surface area contributed by atoms with E-state index in [0.717, 1.165) is 31.9 Å². The summed E-state index contributed by atoms with van der Waals surface area (Å²) in [6.07, 6.45) is 0. The van der Waals surface area contributed by atoms with Gasteiger partial charge >= 0.3 is 0 Å². The molecule has 2 aliphatic heterocycles. The minimum Gasteiger partial charge on any atom is -0.368 e. The number of likely N-dealkylation sites (N-methyl/N-ethyl adjacent to an activating group) is 1. The smallest absolute Gasteiger partial charge is 0.263 e. The van der Waals surface area contributed by atoms with Gasteiger partial charge in [-0.05, 0) is 31.3 Å². The molecule has 6 nitrogen and oxygen atoms in total. The molecule has 2 amide bonds. The van der Waals surface area contributed by atoms with E-state index in [4.69, 9.17) is 11.6 Å². The minimum absolute atomic E-state index is 0.0700. The van der Waals surface area contributed by atoms with Gasteiger partial charge in [0.05, 0.1) is 27.6 Å². The van der Waals surface area contributed by atoms with Gasteiger partial charge in [-0.1, -0.05) is 29.8 Å². The van der Waals surface area contributed by atoms with Gasteiger partial charge in [-0.15, -0.1) is 0 Å². The summed E-state index contributed by atoms with van der Waals surface area (Å²) in [5, 5.41) is 3.32. The summed E-state index contributed by atoms with van der Waals surface area (Å²) in [5.74, 6) is -0.455. The van der Waals surface area contributed by atoms with Crippen LogP contribution in [0.5, 0.6) is 0 Å². The highest BCUT2D eigenvalue weighted by molar-refractivity contribution is 6.34. The molecule has 2 heterocycles. The Bertz CT molecular complexity index is 893. The van der Waals surface area contributed by atoms with Crippen LogP contribution in [0.25, 0.3) is 0 Å². The largest absolute Gasteiger partial charge is 0.368 e. The highest BCUT2D eigenvalue weighted by Gasteiger charge is 2.32. The molecule has 27 heavy (non-hydrogen) atoms. The number of carbonyl (C=O) groups is 2. The maximum absolute atomic E-state index is 13.5. The lowest BCUT2D eigenvalue weighted by atomic mass is 10.1. The van der Waals surface area contributed by atoms with E-state index >= 15 is 0 Å². The maximum Gasteiger partial charge on any atom is 0.263 e. The van der Waals surface area contributed by atoms with Crippen LogP contribution in [0.4, 0.5) is 17.1 Å². The fourth-order valence-electron chi connectivity index (χ4n) is 3.59. The zero-order chi connectivity index (χ0) is 19.0. The normalized spacial score (nSPS) is 18.1. The highest BCUT2D eigenvalue weighted by Crippen LogP contribution is 2.35. The van der Waals surface area contributed by atoms with Crippen LogP contribution < -0.4 is 15.1 Å². The Morgan fingerprint density at radius 3 is 2.37 bits per heavy atom. The molecule has 140 valence electrons. The number of benzene rings is 2. The molecule has 0 aliphatic carbocycles. The third-order valence-electron chi connectivity index (χ3n) is 5.06. The van der Waals surface area contributed by atoms with Crippen LogP contribution in [-0.2, 0) is 4.79 Å². The first-order valence-electron chi connectivity index (χ1n) is 8.97. The molecule has 4 rings (SSSR count). The Balaban J connectivity index is 1.79. The number of amides is 2. The van der Waals surface area contributed by atoms with Gasteiger partial charge in [0.15, 0.2) is 0 Å². The lowest BCUT2D eigenvalue weighted by Crippen LogP contribution is -2.45. The summed E-state index contributed by atoms with van der Waals surface area (Å²) in [6.45, 7) is 3.46. The zero-order valence-electron chi connectivity index (χ0n) is 15.1. The molecule has 7 heteroatoms. The molecular weight excluding hydrogens is 364 g/mol. The van der Waals surface area contributed by atoms with Crippen LogP contribution >= 0.6 is 11.6 Å². The van der Waals surface area contributed by atoms with Crippen molar-refractivity contribution < 1.29 is 9.59 Å². The average Bonchev–Trinajstić information content (AvgIpc) is 2.79. The van der Waals surface area contributed by atoms with Gasteiger partial charge in [0.25, 0.3) is 5.91 Å². The molecule has 1 N–H and O–H groups in total. The molecule has 2 aromatic carbocycles.